The van der Waals surface area contributed by atoms with Crippen LogP contribution < -0.4 is 5.32 Å². The molecular weight excluding hydrogens is 453 g/mol. The minimum Gasteiger partial charge on any atom is -0.374 e. The van der Waals surface area contributed by atoms with E-state index in [1.807, 2.05) is 18.2 Å². The Morgan fingerprint density at radius 3 is 2.38 bits per heavy atom. The smallest absolute Gasteiger partial charge is 0.262 e. The third kappa shape index (κ3) is 4.66. The molecule has 0 bridgehead atoms. The van der Waals surface area contributed by atoms with Crippen LogP contribution in [-0.2, 0) is 16.1 Å². The van der Waals surface area contributed by atoms with Gasteiger partial charge in [-0.15, -0.1) is 0 Å². The van der Waals surface area contributed by atoms with Gasteiger partial charge in [-0.1, -0.05) is 53.5 Å². The molecule has 2 aliphatic heterocycles. The molecule has 1 N–H and O–H groups in total. The van der Waals surface area contributed by atoms with Gasteiger partial charge in [0.15, 0.2) is 0 Å². The zero-order valence-electron chi connectivity index (χ0n) is 17.5. The fourth-order valence-electron chi connectivity index (χ4n) is 3.97. The van der Waals surface area contributed by atoms with E-state index in [0.717, 1.165) is 18.0 Å². The summed E-state index contributed by atoms with van der Waals surface area (Å²) < 4.78 is 5.79. The standard InChI is InChI=1S/C23H23Cl2N3O4/c1-14(28-22(30)17-9-19(24)20(25)10-18(17)23(28)31)21(29)26-11-16-13-27(7-8-32-16)12-15-5-3-2-4-6-15/h2-6,9-10,14,16H,7-8,11-13H2,1H3,(H,26,29). The summed E-state index contributed by atoms with van der Waals surface area (Å²) in [4.78, 5) is 41.4. The normalized spacial score (nSPS) is 19.7. The highest BCUT2D eigenvalue weighted by molar-refractivity contribution is 6.43. The van der Waals surface area contributed by atoms with Crippen molar-refractivity contribution in [2.45, 2.75) is 25.6 Å². The number of ether oxygens (including phenoxy) is 1. The van der Waals surface area contributed by atoms with Crippen LogP contribution in [0.5, 0.6) is 0 Å². The van der Waals surface area contributed by atoms with E-state index in [2.05, 4.69) is 22.3 Å². The topological polar surface area (TPSA) is 79.0 Å². The largest absolute Gasteiger partial charge is 0.374 e. The molecule has 0 aliphatic carbocycles. The maximum Gasteiger partial charge on any atom is 0.262 e. The second-order valence-electron chi connectivity index (χ2n) is 7.93. The number of nitrogens with zero attached hydrogens (tertiary/aromatic N) is 2. The van der Waals surface area contributed by atoms with Crippen LogP contribution in [0.15, 0.2) is 42.5 Å². The summed E-state index contributed by atoms with van der Waals surface area (Å²) in [5.74, 6) is -1.55. The van der Waals surface area contributed by atoms with Gasteiger partial charge in [0, 0.05) is 26.2 Å². The molecular formula is C23H23Cl2N3O4. The molecule has 3 amide bonds. The highest BCUT2D eigenvalue weighted by Gasteiger charge is 2.41. The van der Waals surface area contributed by atoms with Crippen molar-refractivity contribution in [2.24, 2.45) is 0 Å². The lowest BCUT2D eigenvalue weighted by atomic mass is 10.1. The van der Waals surface area contributed by atoms with Crippen molar-refractivity contribution in [1.29, 1.82) is 0 Å². The van der Waals surface area contributed by atoms with Gasteiger partial charge in [0.2, 0.25) is 5.91 Å². The second kappa shape index (κ2) is 9.58. The maximum atomic E-state index is 12.7. The number of hydrogen-bond donors (Lipinski definition) is 1. The van der Waals surface area contributed by atoms with Crippen molar-refractivity contribution in [1.82, 2.24) is 15.1 Å². The summed E-state index contributed by atoms with van der Waals surface area (Å²) in [5.41, 5.74) is 1.52. The minimum absolute atomic E-state index is 0.149. The molecule has 1 fully saturated rings. The van der Waals surface area contributed by atoms with E-state index in [9.17, 15) is 14.4 Å². The third-order valence-electron chi connectivity index (χ3n) is 5.70. The Balaban J connectivity index is 1.34. The van der Waals surface area contributed by atoms with Gasteiger partial charge in [-0.3, -0.25) is 24.2 Å². The lowest BCUT2D eigenvalue weighted by Crippen LogP contribution is -2.52. The molecule has 1 saturated heterocycles. The summed E-state index contributed by atoms with van der Waals surface area (Å²) in [6.07, 6.45) is -0.177. The maximum absolute atomic E-state index is 12.7. The van der Waals surface area contributed by atoms with Gasteiger partial charge in [0.05, 0.1) is 33.9 Å². The van der Waals surface area contributed by atoms with E-state index in [1.54, 1.807) is 0 Å². The first-order valence-electron chi connectivity index (χ1n) is 10.4. The molecule has 2 heterocycles. The average molecular weight is 476 g/mol. The van der Waals surface area contributed by atoms with E-state index in [1.165, 1.54) is 24.6 Å². The van der Waals surface area contributed by atoms with Gasteiger partial charge in [0.1, 0.15) is 6.04 Å². The van der Waals surface area contributed by atoms with Crippen molar-refractivity contribution >= 4 is 40.9 Å². The molecule has 4 rings (SSSR count). The quantitative estimate of drug-likeness (QED) is 0.649. The van der Waals surface area contributed by atoms with E-state index in [4.69, 9.17) is 27.9 Å². The molecule has 168 valence electrons. The van der Waals surface area contributed by atoms with Crippen LogP contribution in [-0.4, -0.2) is 65.9 Å². The highest BCUT2D eigenvalue weighted by Crippen LogP contribution is 2.32. The molecule has 0 radical (unpaired) electrons. The Morgan fingerprint density at radius 1 is 1.12 bits per heavy atom. The molecule has 7 nitrogen and oxygen atoms in total. The van der Waals surface area contributed by atoms with Gasteiger partial charge < -0.3 is 10.1 Å². The van der Waals surface area contributed by atoms with Crippen LogP contribution in [0, 0.1) is 0 Å². The molecule has 2 aliphatic rings. The number of nitrogens with one attached hydrogen (secondary N) is 1. The van der Waals surface area contributed by atoms with Crippen LogP contribution >= 0.6 is 23.2 Å². The predicted molar refractivity (Wildman–Crippen MR) is 121 cm³/mol. The minimum atomic E-state index is -0.982. The number of morpholine rings is 1. The predicted octanol–water partition coefficient (Wildman–Crippen LogP) is 3.00. The van der Waals surface area contributed by atoms with Gasteiger partial charge in [0.25, 0.3) is 11.8 Å². The fraction of sp³-hybridized carbons (Fsp3) is 0.348. The number of halogens is 2. The highest BCUT2D eigenvalue weighted by atomic mass is 35.5. The summed E-state index contributed by atoms with van der Waals surface area (Å²) in [7, 11) is 0. The summed E-state index contributed by atoms with van der Waals surface area (Å²) in [6.45, 7) is 4.68. The Kier molecular flexibility index (Phi) is 6.81. The molecule has 32 heavy (non-hydrogen) atoms. The lowest BCUT2D eigenvalue weighted by molar-refractivity contribution is -0.125. The molecule has 2 aromatic rings. The first-order valence-corrected chi connectivity index (χ1v) is 11.1. The number of hydrogen-bond acceptors (Lipinski definition) is 5. The van der Waals surface area contributed by atoms with E-state index >= 15 is 0 Å². The number of carbonyl (C=O) groups excluding carboxylic acids is 3. The number of rotatable bonds is 6. The van der Waals surface area contributed by atoms with Crippen LogP contribution in [0.4, 0.5) is 0 Å². The van der Waals surface area contributed by atoms with Gasteiger partial charge >= 0.3 is 0 Å². The number of benzene rings is 2. The summed E-state index contributed by atoms with van der Waals surface area (Å²) in [6, 6.07) is 11.9. The summed E-state index contributed by atoms with van der Waals surface area (Å²) in [5, 5.41) is 3.18. The Hall–Kier alpha value is -2.45. The zero-order chi connectivity index (χ0) is 22.8. The molecule has 0 saturated carbocycles. The van der Waals surface area contributed by atoms with E-state index in [0.29, 0.717) is 13.2 Å². The lowest BCUT2D eigenvalue weighted by Gasteiger charge is -2.33. The van der Waals surface area contributed by atoms with Crippen molar-refractivity contribution < 1.29 is 19.1 Å². The van der Waals surface area contributed by atoms with Gasteiger partial charge in [-0.25, -0.2) is 0 Å². The molecule has 0 aromatic heterocycles. The molecule has 0 spiro atoms. The number of carbonyl (C=O) groups is 3. The zero-order valence-corrected chi connectivity index (χ0v) is 19.0. The number of imide groups is 1. The second-order valence-corrected chi connectivity index (χ2v) is 8.74. The van der Waals surface area contributed by atoms with E-state index in [-0.39, 0.29) is 33.8 Å². The number of fused-ring (bicyclic) bond motifs is 1. The van der Waals surface area contributed by atoms with Crippen molar-refractivity contribution in [3.63, 3.8) is 0 Å². The fourth-order valence-corrected chi connectivity index (χ4v) is 4.30. The Bertz CT molecular complexity index is 1010. The average Bonchev–Trinajstić information content (AvgIpc) is 3.02. The Labute approximate surface area is 196 Å². The van der Waals surface area contributed by atoms with Crippen molar-refractivity contribution in [2.75, 3.05) is 26.2 Å². The first kappa shape index (κ1) is 22.7. The molecule has 2 unspecified atom stereocenters. The van der Waals surface area contributed by atoms with Gasteiger partial charge in [-0.2, -0.15) is 0 Å². The Morgan fingerprint density at radius 2 is 1.75 bits per heavy atom. The summed E-state index contributed by atoms with van der Waals surface area (Å²) >= 11 is 12.0. The van der Waals surface area contributed by atoms with E-state index < -0.39 is 23.8 Å². The molecule has 9 heteroatoms. The molecule has 2 aromatic carbocycles. The number of amides is 3. The van der Waals surface area contributed by atoms with Crippen LogP contribution in [0.25, 0.3) is 0 Å². The van der Waals surface area contributed by atoms with Crippen LogP contribution in [0.2, 0.25) is 10.0 Å². The van der Waals surface area contributed by atoms with Crippen molar-refractivity contribution in [3.05, 3.63) is 69.2 Å². The van der Waals surface area contributed by atoms with Crippen LogP contribution in [0.1, 0.15) is 33.2 Å². The monoisotopic (exact) mass is 475 g/mol. The first-order chi connectivity index (χ1) is 15.3. The third-order valence-corrected chi connectivity index (χ3v) is 6.42. The molecule has 2 atom stereocenters. The van der Waals surface area contributed by atoms with Crippen LogP contribution in [0.3, 0.4) is 0 Å². The van der Waals surface area contributed by atoms with Crippen molar-refractivity contribution in [3.8, 4) is 0 Å². The SMILES string of the molecule is CC(C(=O)NCC1CN(Cc2ccccc2)CCO1)N1C(=O)c2cc(Cl)c(Cl)cc2C1=O. The van der Waals surface area contributed by atoms with Gasteiger partial charge in [-0.05, 0) is 24.6 Å².